The molecule has 1 heterocycles. The van der Waals surface area contributed by atoms with Crippen molar-refractivity contribution in [1.82, 2.24) is 10.4 Å². The van der Waals surface area contributed by atoms with Crippen molar-refractivity contribution in [3.8, 4) is 0 Å². The molecule has 2 N–H and O–H groups in total. The normalized spacial score (nSPS) is 18.5. The minimum Gasteiger partial charge on any atom is -0.355 e. The molecule has 0 saturated heterocycles. The van der Waals surface area contributed by atoms with Gasteiger partial charge in [-0.1, -0.05) is 18.2 Å². The maximum atomic E-state index is 13.0. The smallest absolute Gasteiger partial charge is 0.355 e. The van der Waals surface area contributed by atoms with Gasteiger partial charge in [-0.3, -0.25) is 9.59 Å². The highest BCUT2D eigenvalue weighted by Crippen LogP contribution is 2.32. The number of benzene rings is 2. The topological polar surface area (TPSA) is 83.0 Å². The Morgan fingerprint density at radius 1 is 1.16 bits per heavy atom. The van der Waals surface area contributed by atoms with E-state index in [9.17, 15) is 22.8 Å². The highest BCUT2D eigenvalue weighted by atomic mass is 19.4. The first-order chi connectivity index (χ1) is 14.5. The summed E-state index contributed by atoms with van der Waals surface area (Å²) in [5, 5.41) is 6.42. The first kappa shape index (κ1) is 22.3. The van der Waals surface area contributed by atoms with Crippen molar-refractivity contribution in [2.75, 3.05) is 19.4 Å². The van der Waals surface area contributed by atoms with Gasteiger partial charge in [-0.25, -0.2) is 14.9 Å². The Kier molecular flexibility index (Phi) is 6.03. The van der Waals surface area contributed by atoms with Gasteiger partial charge < -0.3 is 10.6 Å². The molecule has 164 valence electrons. The molecule has 0 spiro atoms. The average molecular weight is 434 g/mol. The van der Waals surface area contributed by atoms with Crippen LogP contribution in [0.4, 0.5) is 18.9 Å². The van der Waals surface area contributed by atoms with Crippen LogP contribution in [-0.2, 0) is 15.8 Å². The van der Waals surface area contributed by atoms with Crippen molar-refractivity contribution in [3.05, 3.63) is 65.2 Å². The quantitative estimate of drug-likeness (QED) is 0.756. The average Bonchev–Trinajstić information content (AvgIpc) is 3.00. The van der Waals surface area contributed by atoms with Crippen LogP contribution >= 0.6 is 0 Å². The molecule has 0 fully saturated rings. The number of rotatable bonds is 5. The van der Waals surface area contributed by atoms with Gasteiger partial charge in [0.1, 0.15) is 0 Å². The highest BCUT2D eigenvalue weighted by molar-refractivity contribution is 6.00. The highest BCUT2D eigenvalue weighted by Gasteiger charge is 2.38. The number of alkyl halides is 3. The van der Waals surface area contributed by atoms with Crippen LogP contribution in [0.1, 0.15) is 34.8 Å². The number of halogens is 3. The molecule has 1 aliphatic heterocycles. The first-order valence-electron chi connectivity index (χ1n) is 9.33. The molecule has 3 rings (SSSR count). The number of amidine groups is 1. The fourth-order valence-electron chi connectivity index (χ4n) is 3.19. The largest absolute Gasteiger partial charge is 0.416 e. The van der Waals surface area contributed by atoms with Crippen LogP contribution in [0.25, 0.3) is 0 Å². The predicted octanol–water partition coefficient (Wildman–Crippen LogP) is 3.43. The number of hydrogen-bond donors (Lipinski definition) is 2. The molecule has 0 bridgehead atoms. The fraction of sp³-hybridized carbons (Fsp3) is 0.286. The van der Waals surface area contributed by atoms with Gasteiger partial charge in [0.2, 0.25) is 5.91 Å². The summed E-state index contributed by atoms with van der Waals surface area (Å²) in [5.74, 6) is -0.541. The van der Waals surface area contributed by atoms with Gasteiger partial charge in [0.05, 0.1) is 12.0 Å². The Labute approximate surface area is 176 Å². The minimum absolute atomic E-state index is 0.183. The van der Waals surface area contributed by atoms with Crippen molar-refractivity contribution in [3.63, 3.8) is 0 Å². The molecule has 0 aromatic heterocycles. The number of hydroxylamine groups is 2. The van der Waals surface area contributed by atoms with Crippen LogP contribution in [0.3, 0.4) is 0 Å². The Morgan fingerprint density at radius 2 is 1.87 bits per heavy atom. The monoisotopic (exact) mass is 434 g/mol. The lowest BCUT2D eigenvalue weighted by Gasteiger charge is -2.21. The molecular formula is C21H21F3N4O3. The molecule has 0 aliphatic carbocycles. The van der Waals surface area contributed by atoms with E-state index in [0.29, 0.717) is 11.3 Å². The zero-order valence-electron chi connectivity index (χ0n) is 17.1. The third-order valence-electron chi connectivity index (χ3n) is 4.55. The first-order valence-corrected chi connectivity index (χ1v) is 9.33. The number of carbonyl (C=O) groups is 2. The summed E-state index contributed by atoms with van der Waals surface area (Å²) in [5.41, 5.74) is -1.08. The number of nitrogens with one attached hydrogen (secondary N) is 2. The third kappa shape index (κ3) is 5.21. The van der Waals surface area contributed by atoms with Crippen LogP contribution in [0.15, 0.2) is 53.5 Å². The summed E-state index contributed by atoms with van der Waals surface area (Å²) in [7, 11) is 3.01. The van der Waals surface area contributed by atoms with E-state index < -0.39 is 23.4 Å². The summed E-state index contributed by atoms with van der Waals surface area (Å²) in [6.07, 6.45) is -4.68. The molecule has 0 saturated carbocycles. The van der Waals surface area contributed by atoms with Gasteiger partial charge in [0.25, 0.3) is 5.91 Å². The van der Waals surface area contributed by atoms with Gasteiger partial charge >= 0.3 is 6.18 Å². The van der Waals surface area contributed by atoms with Crippen molar-refractivity contribution >= 4 is 23.3 Å². The molecule has 0 radical (unpaired) electrons. The summed E-state index contributed by atoms with van der Waals surface area (Å²) in [6, 6.07) is 11.1. The summed E-state index contributed by atoms with van der Waals surface area (Å²) >= 11 is 0. The van der Waals surface area contributed by atoms with Crippen molar-refractivity contribution < 1.29 is 27.6 Å². The second-order valence-electron chi connectivity index (χ2n) is 7.16. The van der Waals surface area contributed by atoms with E-state index >= 15 is 0 Å². The number of amides is 2. The molecule has 1 atom stereocenters. The fourth-order valence-corrected chi connectivity index (χ4v) is 3.19. The van der Waals surface area contributed by atoms with E-state index in [-0.39, 0.29) is 23.7 Å². The van der Waals surface area contributed by atoms with Crippen LogP contribution in [-0.4, -0.2) is 42.5 Å². The van der Waals surface area contributed by atoms with E-state index in [1.807, 2.05) is 0 Å². The molecule has 2 aromatic rings. The molecule has 2 amide bonds. The molecule has 2 aromatic carbocycles. The van der Waals surface area contributed by atoms with Crippen LogP contribution in [0.2, 0.25) is 0 Å². The van der Waals surface area contributed by atoms with E-state index in [0.717, 1.165) is 12.1 Å². The van der Waals surface area contributed by atoms with Crippen LogP contribution in [0, 0.1) is 0 Å². The number of anilines is 1. The van der Waals surface area contributed by atoms with E-state index in [4.69, 9.17) is 4.84 Å². The summed E-state index contributed by atoms with van der Waals surface area (Å²) < 4.78 is 39.1. The second-order valence-corrected chi connectivity index (χ2v) is 7.16. The minimum atomic E-state index is -4.49. The van der Waals surface area contributed by atoms with Crippen LogP contribution in [0.5, 0.6) is 0 Å². The lowest BCUT2D eigenvalue weighted by atomic mass is 10.1. The van der Waals surface area contributed by atoms with E-state index in [1.54, 1.807) is 25.1 Å². The molecular weight excluding hydrogens is 413 g/mol. The standard InChI is InChI=1S/C21H21F3N4O3/c1-20(12-17(29)26-16-9-5-7-14(11-16)19(30)25-2)27-18(28(3)31-20)13-6-4-8-15(10-13)21(22,23)24/h4-11H,12H2,1-3H3,(H,25,30)(H,26,29). The van der Waals surface area contributed by atoms with Gasteiger partial charge in [0, 0.05) is 30.9 Å². The molecule has 31 heavy (non-hydrogen) atoms. The molecule has 1 unspecified atom stereocenters. The van der Waals surface area contributed by atoms with Gasteiger partial charge in [0.15, 0.2) is 11.6 Å². The molecule has 10 heteroatoms. The predicted molar refractivity (Wildman–Crippen MR) is 108 cm³/mol. The van der Waals surface area contributed by atoms with Crippen molar-refractivity contribution in [1.29, 1.82) is 0 Å². The number of nitrogens with zero attached hydrogens (tertiary/aromatic N) is 2. The van der Waals surface area contributed by atoms with Gasteiger partial charge in [-0.05, 0) is 37.3 Å². The van der Waals surface area contributed by atoms with E-state index in [1.165, 1.54) is 37.4 Å². The Hall–Kier alpha value is -3.40. The van der Waals surface area contributed by atoms with Crippen molar-refractivity contribution in [2.45, 2.75) is 25.2 Å². The maximum Gasteiger partial charge on any atom is 0.416 e. The zero-order chi connectivity index (χ0) is 22.8. The maximum absolute atomic E-state index is 13.0. The van der Waals surface area contributed by atoms with Gasteiger partial charge in [-0.2, -0.15) is 13.2 Å². The number of aliphatic imine (C=N–C) groups is 1. The van der Waals surface area contributed by atoms with Crippen molar-refractivity contribution in [2.24, 2.45) is 4.99 Å². The lowest BCUT2D eigenvalue weighted by Crippen LogP contribution is -2.32. The summed E-state index contributed by atoms with van der Waals surface area (Å²) in [6.45, 7) is 1.56. The third-order valence-corrected chi connectivity index (χ3v) is 4.55. The lowest BCUT2D eigenvalue weighted by molar-refractivity contribution is -0.164. The second kappa shape index (κ2) is 8.38. The summed E-state index contributed by atoms with van der Waals surface area (Å²) in [4.78, 5) is 34.3. The SMILES string of the molecule is CNC(=O)c1cccc(NC(=O)CC2(C)N=C(c3cccc(C(F)(F)F)c3)N(C)O2)c1. The number of carbonyl (C=O) groups excluding carboxylic acids is 2. The van der Waals surface area contributed by atoms with Gasteiger partial charge in [-0.15, -0.1) is 0 Å². The molecule has 1 aliphatic rings. The Morgan fingerprint density at radius 3 is 2.55 bits per heavy atom. The Balaban J connectivity index is 1.76. The van der Waals surface area contributed by atoms with Crippen LogP contribution < -0.4 is 10.6 Å². The van der Waals surface area contributed by atoms with E-state index in [2.05, 4.69) is 15.6 Å². The zero-order valence-corrected chi connectivity index (χ0v) is 17.1. The number of hydrogen-bond acceptors (Lipinski definition) is 5. The molecule has 7 nitrogen and oxygen atoms in total. The Bertz CT molecular complexity index is 1040.